The molecule has 31 heavy (non-hydrogen) atoms. The van der Waals surface area contributed by atoms with Gasteiger partial charge in [-0.3, -0.25) is 14.6 Å². The third-order valence-electron chi connectivity index (χ3n) is 5.15. The summed E-state index contributed by atoms with van der Waals surface area (Å²) in [5.41, 5.74) is 15.8. The normalized spacial score (nSPS) is 15.3. The Morgan fingerprint density at radius 3 is 2.74 bits per heavy atom. The number of aliphatic carboxylic acids is 1. The Labute approximate surface area is 179 Å². The van der Waals surface area contributed by atoms with Gasteiger partial charge in [-0.05, 0) is 30.2 Å². The number of carboxylic acids is 1. The average molecular weight is 424 g/mol. The SMILES string of the molecule is CCCC(C(=O)O)C(Cc1ccc(-c2ccc3c(c2)OCC(=O)N3)cn1)C(N)=NN=N. The molecule has 1 amide bonds. The van der Waals surface area contributed by atoms with E-state index >= 15 is 0 Å². The molecule has 2 aromatic rings. The lowest BCUT2D eigenvalue weighted by Gasteiger charge is -2.22. The fraction of sp³-hybridized carbons (Fsp3) is 0.333. The van der Waals surface area contributed by atoms with Gasteiger partial charge in [0.2, 0.25) is 0 Å². The minimum atomic E-state index is -0.965. The largest absolute Gasteiger partial charge is 0.482 e. The van der Waals surface area contributed by atoms with Crippen LogP contribution in [0.2, 0.25) is 0 Å². The summed E-state index contributed by atoms with van der Waals surface area (Å²) < 4.78 is 5.46. The van der Waals surface area contributed by atoms with Gasteiger partial charge in [-0.15, -0.1) is 5.10 Å². The molecule has 0 fully saturated rings. The van der Waals surface area contributed by atoms with Crippen molar-refractivity contribution in [1.29, 1.82) is 5.53 Å². The number of fused-ring (bicyclic) bond motifs is 1. The van der Waals surface area contributed by atoms with Crippen LogP contribution in [0.3, 0.4) is 0 Å². The second-order valence-electron chi connectivity index (χ2n) is 7.25. The zero-order valence-corrected chi connectivity index (χ0v) is 17.0. The van der Waals surface area contributed by atoms with Crippen LogP contribution < -0.4 is 15.8 Å². The number of nitrogens with two attached hydrogens (primary N) is 1. The number of nitrogens with one attached hydrogen (secondary N) is 2. The first kappa shape index (κ1) is 21.9. The second kappa shape index (κ2) is 9.79. The van der Waals surface area contributed by atoms with Gasteiger partial charge in [0.05, 0.1) is 11.6 Å². The summed E-state index contributed by atoms with van der Waals surface area (Å²) in [5.74, 6) is -1.92. The third kappa shape index (κ3) is 5.21. The van der Waals surface area contributed by atoms with E-state index in [2.05, 4.69) is 20.6 Å². The van der Waals surface area contributed by atoms with Crippen LogP contribution >= 0.6 is 0 Å². The smallest absolute Gasteiger partial charge is 0.307 e. The lowest BCUT2D eigenvalue weighted by atomic mass is 9.84. The molecule has 2 heterocycles. The summed E-state index contributed by atoms with van der Waals surface area (Å²) in [5, 5.41) is 18.9. The first-order valence-corrected chi connectivity index (χ1v) is 9.87. The van der Waals surface area contributed by atoms with E-state index in [4.69, 9.17) is 16.0 Å². The fourth-order valence-electron chi connectivity index (χ4n) is 3.59. The van der Waals surface area contributed by atoms with Gasteiger partial charge in [0.15, 0.2) is 6.61 Å². The topological polar surface area (TPSA) is 163 Å². The van der Waals surface area contributed by atoms with Crippen LogP contribution in [0.1, 0.15) is 25.5 Å². The highest BCUT2D eigenvalue weighted by molar-refractivity contribution is 5.96. The first-order chi connectivity index (χ1) is 14.9. The minimum absolute atomic E-state index is 0.00982. The van der Waals surface area contributed by atoms with Crippen molar-refractivity contribution in [2.45, 2.75) is 26.2 Å². The molecule has 2 unspecified atom stereocenters. The Hall–Kier alpha value is -3.82. The number of hydrogen-bond acceptors (Lipinski definition) is 6. The molecule has 0 saturated carbocycles. The summed E-state index contributed by atoms with van der Waals surface area (Å²) in [4.78, 5) is 27.6. The lowest BCUT2D eigenvalue weighted by Crippen LogP contribution is -2.36. The summed E-state index contributed by atoms with van der Waals surface area (Å²) in [6.45, 7) is 1.88. The quantitative estimate of drug-likeness (QED) is 0.209. The Kier molecular flexibility index (Phi) is 6.91. The number of ether oxygens (including phenoxy) is 1. The molecule has 10 nitrogen and oxygen atoms in total. The molecule has 0 saturated heterocycles. The predicted molar refractivity (Wildman–Crippen MR) is 114 cm³/mol. The molecule has 10 heteroatoms. The lowest BCUT2D eigenvalue weighted by molar-refractivity contribution is -0.143. The molecule has 1 aromatic carbocycles. The number of pyridine rings is 1. The predicted octanol–water partition coefficient (Wildman–Crippen LogP) is 3.04. The van der Waals surface area contributed by atoms with Crippen LogP contribution in [0.5, 0.6) is 5.75 Å². The Morgan fingerprint density at radius 1 is 1.32 bits per heavy atom. The minimum Gasteiger partial charge on any atom is -0.482 e. The maximum atomic E-state index is 11.8. The Morgan fingerprint density at radius 2 is 2.10 bits per heavy atom. The van der Waals surface area contributed by atoms with E-state index in [9.17, 15) is 14.7 Å². The molecule has 0 bridgehead atoms. The van der Waals surface area contributed by atoms with Crippen molar-refractivity contribution in [3.8, 4) is 16.9 Å². The first-order valence-electron chi connectivity index (χ1n) is 9.87. The number of rotatable bonds is 9. The van der Waals surface area contributed by atoms with E-state index < -0.39 is 17.8 Å². The van der Waals surface area contributed by atoms with E-state index in [1.165, 1.54) is 0 Å². The molecular formula is C21H24N6O4. The van der Waals surface area contributed by atoms with Crippen molar-refractivity contribution in [1.82, 2.24) is 4.98 Å². The summed E-state index contributed by atoms with van der Waals surface area (Å²) in [7, 11) is 0. The number of carboxylic acid groups (broad SMARTS) is 1. The molecule has 2 atom stereocenters. The number of carbonyl (C=O) groups is 2. The van der Waals surface area contributed by atoms with Gasteiger partial charge >= 0.3 is 5.97 Å². The van der Waals surface area contributed by atoms with Crippen LogP contribution in [0.4, 0.5) is 5.69 Å². The van der Waals surface area contributed by atoms with Crippen LogP contribution in [0.25, 0.3) is 11.1 Å². The van der Waals surface area contributed by atoms with Crippen LogP contribution in [-0.2, 0) is 16.0 Å². The van der Waals surface area contributed by atoms with Crippen molar-refractivity contribution < 1.29 is 19.4 Å². The summed E-state index contributed by atoms with van der Waals surface area (Å²) in [6.07, 6.45) is 3.05. The van der Waals surface area contributed by atoms with E-state index in [1.807, 2.05) is 25.1 Å². The fourth-order valence-corrected chi connectivity index (χ4v) is 3.59. The molecule has 0 spiro atoms. The van der Waals surface area contributed by atoms with Gasteiger partial charge in [0.25, 0.3) is 5.91 Å². The number of hydrogen-bond donors (Lipinski definition) is 4. The van der Waals surface area contributed by atoms with Gasteiger partial charge in [0.1, 0.15) is 11.6 Å². The molecule has 1 aliphatic heterocycles. The molecule has 5 N–H and O–H groups in total. The standard InChI is InChI=1S/C21H24N6O4/c1-2-3-15(21(29)30)16(20(22)26-27-23)9-14-6-4-13(10-24-14)12-5-7-17-18(8-12)31-11-19(28)25-17/h4-8,10,15-16H,2-3,9,11H2,1H3,(H,25,28)(H,29,30)(H3,22,23,26). The molecule has 3 rings (SSSR count). The van der Waals surface area contributed by atoms with Crippen LogP contribution in [-0.4, -0.2) is 34.4 Å². The zero-order valence-electron chi connectivity index (χ0n) is 17.0. The van der Waals surface area contributed by atoms with Crippen molar-refractivity contribution in [2.75, 3.05) is 11.9 Å². The van der Waals surface area contributed by atoms with E-state index in [0.29, 0.717) is 30.0 Å². The monoisotopic (exact) mass is 424 g/mol. The highest BCUT2D eigenvalue weighted by Crippen LogP contribution is 2.33. The zero-order chi connectivity index (χ0) is 22.4. The second-order valence-corrected chi connectivity index (χ2v) is 7.25. The van der Waals surface area contributed by atoms with Gasteiger partial charge in [-0.1, -0.05) is 30.7 Å². The summed E-state index contributed by atoms with van der Waals surface area (Å²) >= 11 is 0. The van der Waals surface area contributed by atoms with E-state index in [0.717, 1.165) is 11.1 Å². The number of amides is 1. The molecule has 162 valence electrons. The van der Waals surface area contributed by atoms with Crippen LogP contribution in [0, 0.1) is 17.4 Å². The highest BCUT2D eigenvalue weighted by atomic mass is 16.5. The average Bonchev–Trinajstić information content (AvgIpc) is 2.76. The van der Waals surface area contributed by atoms with Crippen molar-refractivity contribution in [2.24, 2.45) is 27.9 Å². The third-order valence-corrected chi connectivity index (χ3v) is 5.15. The maximum absolute atomic E-state index is 11.8. The number of amidine groups is 1. The molecule has 1 aromatic heterocycles. The molecule has 1 aliphatic rings. The molecule has 0 aliphatic carbocycles. The molecule has 0 radical (unpaired) electrons. The van der Waals surface area contributed by atoms with Crippen molar-refractivity contribution >= 4 is 23.4 Å². The van der Waals surface area contributed by atoms with E-state index in [1.54, 1.807) is 18.3 Å². The number of aromatic nitrogens is 1. The van der Waals surface area contributed by atoms with Crippen LogP contribution in [0.15, 0.2) is 46.9 Å². The number of nitrogens with zero attached hydrogens (tertiary/aromatic N) is 3. The van der Waals surface area contributed by atoms with Gasteiger partial charge < -0.3 is 20.9 Å². The Balaban J connectivity index is 1.82. The number of anilines is 1. The van der Waals surface area contributed by atoms with Crippen molar-refractivity contribution in [3.63, 3.8) is 0 Å². The van der Waals surface area contributed by atoms with Gasteiger partial charge in [0, 0.05) is 29.8 Å². The number of benzene rings is 1. The van der Waals surface area contributed by atoms with Gasteiger partial charge in [-0.25, -0.2) is 0 Å². The highest BCUT2D eigenvalue weighted by Gasteiger charge is 2.31. The Bertz CT molecular complexity index is 1010. The van der Waals surface area contributed by atoms with Crippen molar-refractivity contribution in [3.05, 3.63) is 42.2 Å². The van der Waals surface area contributed by atoms with E-state index in [-0.39, 0.29) is 24.8 Å². The number of carbonyl (C=O) groups excluding carboxylic acids is 1. The maximum Gasteiger partial charge on any atom is 0.307 e. The summed E-state index contributed by atoms with van der Waals surface area (Å²) in [6, 6.07) is 9.14. The van der Waals surface area contributed by atoms with Gasteiger partial charge in [-0.2, -0.15) is 5.53 Å². The molecular weight excluding hydrogens is 400 g/mol.